The molecule has 0 amide bonds. The third-order valence-electron chi connectivity index (χ3n) is 3.17. The van der Waals surface area contributed by atoms with Gasteiger partial charge >= 0.3 is 0 Å². The molecule has 0 fully saturated rings. The number of nitrogens with zero attached hydrogens (tertiary/aromatic N) is 4. The summed E-state index contributed by atoms with van der Waals surface area (Å²) in [5.74, 6) is 0.632. The summed E-state index contributed by atoms with van der Waals surface area (Å²) >= 11 is 0. The van der Waals surface area contributed by atoms with Crippen LogP contribution in [0.25, 0.3) is 17.1 Å². The molecule has 0 spiro atoms. The number of tetrazole rings is 1. The van der Waals surface area contributed by atoms with Gasteiger partial charge in [0.1, 0.15) is 0 Å². The highest BCUT2D eigenvalue weighted by molar-refractivity contribution is 5.53. The Labute approximate surface area is 123 Å². The van der Waals surface area contributed by atoms with Crippen molar-refractivity contribution in [1.82, 2.24) is 25.5 Å². The monoisotopic (exact) mass is 279 g/mol. The molecule has 0 saturated carbocycles. The van der Waals surface area contributed by atoms with Crippen LogP contribution in [-0.2, 0) is 6.54 Å². The van der Waals surface area contributed by atoms with Crippen LogP contribution in [-0.4, -0.2) is 26.8 Å². The summed E-state index contributed by atoms with van der Waals surface area (Å²) in [4.78, 5) is 1.57. The molecule has 0 bridgehead atoms. The van der Waals surface area contributed by atoms with Crippen molar-refractivity contribution in [2.24, 2.45) is 0 Å². The van der Waals surface area contributed by atoms with Gasteiger partial charge in [-0.2, -0.15) is 0 Å². The Morgan fingerprint density at radius 3 is 2.71 bits per heavy atom. The molecule has 21 heavy (non-hydrogen) atoms. The molecule has 0 radical (unpaired) electrons. The lowest BCUT2D eigenvalue weighted by Crippen LogP contribution is -2.12. The number of hydrogen-bond acceptors (Lipinski definition) is 4. The third kappa shape index (κ3) is 3.14. The maximum absolute atomic E-state index is 4.45. The zero-order valence-corrected chi connectivity index (χ0v) is 11.9. The normalized spacial score (nSPS) is 10.7. The van der Waals surface area contributed by atoms with Gasteiger partial charge in [0.2, 0.25) is 5.82 Å². The van der Waals surface area contributed by atoms with Crippen LogP contribution < -0.4 is 5.32 Å². The van der Waals surface area contributed by atoms with E-state index in [1.54, 1.807) is 4.80 Å². The molecule has 3 rings (SSSR count). The van der Waals surface area contributed by atoms with Crippen molar-refractivity contribution in [1.29, 1.82) is 0 Å². The Kier molecular flexibility index (Phi) is 4.02. The molecule has 0 aliphatic rings. The number of nitrogens with one attached hydrogen (secondary N) is 1. The Morgan fingerprint density at radius 2 is 1.90 bits per heavy atom. The van der Waals surface area contributed by atoms with Crippen molar-refractivity contribution in [2.45, 2.75) is 13.5 Å². The lowest BCUT2D eigenvalue weighted by atomic mass is 10.2. The van der Waals surface area contributed by atoms with Gasteiger partial charge in [-0.1, -0.05) is 49.4 Å². The van der Waals surface area contributed by atoms with Gasteiger partial charge in [-0.15, -0.1) is 15.0 Å². The van der Waals surface area contributed by atoms with E-state index in [4.69, 9.17) is 0 Å². The van der Waals surface area contributed by atoms with Gasteiger partial charge in [-0.05, 0) is 29.5 Å². The zero-order chi connectivity index (χ0) is 14.5. The van der Waals surface area contributed by atoms with Gasteiger partial charge in [0.05, 0.1) is 5.69 Å². The lowest BCUT2D eigenvalue weighted by molar-refractivity contribution is 0.707. The second-order valence-electron chi connectivity index (χ2n) is 4.72. The van der Waals surface area contributed by atoms with Crippen molar-refractivity contribution in [3.8, 4) is 17.1 Å². The van der Waals surface area contributed by atoms with Gasteiger partial charge in [-0.25, -0.2) is 0 Å². The minimum atomic E-state index is 0.632. The summed E-state index contributed by atoms with van der Waals surface area (Å²) in [6, 6.07) is 18.0. The first kappa shape index (κ1) is 13.5. The van der Waals surface area contributed by atoms with Crippen LogP contribution in [0.1, 0.15) is 12.5 Å². The Hall–Kier alpha value is -2.53. The van der Waals surface area contributed by atoms with Crippen LogP contribution in [0.3, 0.4) is 0 Å². The first-order valence-electron chi connectivity index (χ1n) is 7.02. The molecule has 1 aromatic heterocycles. The first-order chi connectivity index (χ1) is 10.4. The summed E-state index contributed by atoms with van der Waals surface area (Å²) < 4.78 is 0. The molecule has 0 unspecified atom stereocenters. The topological polar surface area (TPSA) is 55.6 Å². The highest BCUT2D eigenvalue weighted by Gasteiger charge is 2.07. The second-order valence-corrected chi connectivity index (χ2v) is 4.72. The van der Waals surface area contributed by atoms with E-state index in [9.17, 15) is 0 Å². The zero-order valence-electron chi connectivity index (χ0n) is 11.9. The molecule has 0 aliphatic carbocycles. The van der Waals surface area contributed by atoms with Gasteiger partial charge in [0, 0.05) is 12.1 Å². The van der Waals surface area contributed by atoms with E-state index in [2.05, 4.69) is 39.8 Å². The first-order valence-corrected chi connectivity index (χ1v) is 7.02. The van der Waals surface area contributed by atoms with Crippen LogP contribution in [0.2, 0.25) is 0 Å². The Morgan fingerprint density at radius 1 is 1.05 bits per heavy atom. The molecule has 0 saturated heterocycles. The number of benzene rings is 2. The minimum Gasteiger partial charge on any atom is -0.313 e. The Balaban J connectivity index is 1.86. The fraction of sp³-hybridized carbons (Fsp3) is 0.188. The van der Waals surface area contributed by atoms with Gasteiger partial charge in [0.25, 0.3) is 0 Å². The largest absolute Gasteiger partial charge is 0.313 e. The van der Waals surface area contributed by atoms with Crippen molar-refractivity contribution in [3.05, 3.63) is 60.2 Å². The summed E-state index contributed by atoms with van der Waals surface area (Å²) in [6.07, 6.45) is 0. The van der Waals surface area contributed by atoms with E-state index in [0.717, 1.165) is 24.3 Å². The van der Waals surface area contributed by atoms with E-state index < -0.39 is 0 Å². The Bertz CT molecular complexity index is 705. The average Bonchev–Trinajstić information content (AvgIpc) is 3.04. The summed E-state index contributed by atoms with van der Waals surface area (Å²) in [6.45, 7) is 3.88. The molecule has 2 aromatic carbocycles. The SMILES string of the molecule is CCNCc1cccc(-n2nnc(-c3ccccc3)n2)c1. The van der Waals surface area contributed by atoms with Gasteiger partial charge < -0.3 is 5.32 Å². The third-order valence-corrected chi connectivity index (χ3v) is 3.17. The van der Waals surface area contributed by atoms with E-state index >= 15 is 0 Å². The fourth-order valence-electron chi connectivity index (χ4n) is 2.09. The van der Waals surface area contributed by atoms with E-state index in [1.807, 2.05) is 42.5 Å². The highest BCUT2D eigenvalue weighted by Crippen LogP contribution is 2.14. The maximum Gasteiger partial charge on any atom is 0.205 e. The molecule has 5 heteroatoms. The predicted molar refractivity (Wildman–Crippen MR) is 82.0 cm³/mol. The molecule has 1 N–H and O–H groups in total. The van der Waals surface area contributed by atoms with Crippen LogP contribution in [0.5, 0.6) is 0 Å². The van der Waals surface area contributed by atoms with Crippen LogP contribution in [0.15, 0.2) is 54.6 Å². The van der Waals surface area contributed by atoms with Gasteiger partial charge in [0.15, 0.2) is 0 Å². The maximum atomic E-state index is 4.45. The number of aromatic nitrogens is 4. The van der Waals surface area contributed by atoms with Crippen molar-refractivity contribution >= 4 is 0 Å². The van der Waals surface area contributed by atoms with Crippen molar-refractivity contribution in [2.75, 3.05) is 6.54 Å². The van der Waals surface area contributed by atoms with Crippen LogP contribution in [0.4, 0.5) is 0 Å². The average molecular weight is 279 g/mol. The predicted octanol–water partition coefficient (Wildman–Crippen LogP) is 2.44. The van der Waals surface area contributed by atoms with Crippen molar-refractivity contribution in [3.63, 3.8) is 0 Å². The summed E-state index contributed by atoms with van der Waals surface area (Å²) in [5, 5.41) is 16.0. The summed E-state index contributed by atoms with van der Waals surface area (Å²) in [7, 11) is 0. The molecule has 5 nitrogen and oxygen atoms in total. The van der Waals surface area contributed by atoms with Crippen LogP contribution in [0, 0.1) is 0 Å². The molecule has 0 aliphatic heterocycles. The number of hydrogen-bond donors (Lipinski definition) is 1. The summed E-state index contributed by atoms with van der Waals surface area (Å²) in [5.41, 5.74) is 3.08. The van der Waals surface area contributed by atoms with E-state index in [-0.39, 0.29) is 0 Å². The number of rotatable bonds is 5. The molecular formula is C16H17N5. The lowest BCUT2D eigenvalue weighted by Gasteiger charge is -2.04. The standard InChI is InChI=1S/C16H17N5/c1-2-17-12-13-7-6-10-15(11-13)21-19-16(18-20-21)14-8-4-3-5-9-14/h3-11,17H,2,12H2,1H3. The molecule has 3 aromatic rings. The molecule has 0 atom stereocenters. The van der Waals surface area contributed by atoms with Crippen LogP contribution >= 0.6 is 0 Å². The second kappa shape index (κ2) is 6.28. The van der Waals surface area contributed by atoms with E-state index in [0.29, 0.717) is 5.82 Å². The van der Waals surface area contributed by atoms with Gasteiger partial charge in [-0.3, -0.25) is 0 Å². The molecule has 1 heterocycles. The van der Waals surface area contributed by atoms with E-state index in [1.165, 1.54) is 5.56 Å². The highest BCUT2D eigenvalue weighted by atomic mass is 15.6. The smallest absolute Gasteiger partial charge is 0.205 e. The minimum absolute atomic E-state index is 0.632. The quantitative estimate of drug-likeness (QED) is 0.779. The molecular weight excluding hydrogens is 262 g/mol. The van der Waals surface area contributed by atoms with Crippen molar-refractivity contribution < 1.29 is 0 Å². The molecule has 106 valence electrons. The fourth-order valence-corrected chi connectivity index (χ4v) is 2.09.